The average molecular weight is 387 g/mol. The Labute approximate surface area is 163 Å². The van der Waals surface area contributed by atoms with Crippen molar-refractivity contribution >= 4 is 35.4 Å². The minimum atomic E-state index is -0.524. The van der Waals surface area contributed by atoms with Crippen LogP contribution in [0, 0.1) is 10.8 Å². The Hall–Kier alpha value is -2.70. The number of hydrogen-bond acceptors (Lipinski definition) is 4. The topological polar surface area (TPSA) is 100 Å². The first-order valence-corrected chi connectivity index (χ1v) is 8.74. The molecule has 2 aromatic rings. The molecule has 0 saturated carbocycles. The van der Waals surface area contributed by atoms with Gasteiger partial charge in [-0.05, 0) is 62.2 Å². The Balaban J connectivity index is 2.59. The fraction of sp³-hybridized carbons (Fsp3) is 0.250. The second-order valence-corrected chi connectivity index (χ2v) is 7.52. The normalized spacial score (nSPS) is 11.0. The monoisotopic (exact) mass is 386 g/mol. The molecule has 0 unspecified atom stereocenters. The first-order valence-electron chi connectivity index (χ1n) is 8.36. The van der Waals surface area contributed by atoms with E-state index in [1.807, 2.05) is 32.9 Å². The molecule has 0 heterocycles. The van der Waals surface area contributed by atoms with Crippen LogP contribution in [0.5, 0.6) is 0 Å². The molecule has 2 rings (SSSR count). The van der Waals surface area contributed by atoms with Gasteiger partial charge in [0.1, 0.15) is 12.4 Å². The Bertz CT molecular complexity index is 857. The number of nitrogens with one attached hydrogen (secondary N) is 3. The molecule has 0 aliphatic carbocycles. The van der Waals surface area contributed by atoms with Gasteiger partial charge in [0.25, 0.3) is 5.91 Å². The molecular weight excluding hydrogens is 364 g/mol. The molecule has 27 heavy (non-hydrogen) atoms. The second-order valence-electron chi connectivity index (χ2n) is 7.08. The van der Waals surface area contributed by atoms with Gasteiger partial charge in [-0.25, -0.2) is 0 Å². The zero-order valence-electron chi connectivity index (χ0n) is 15.5. The van der Waals surface area contributed by atoms with Crippen molar-refractivity contribution in [2.45, 2.75) is 26.3 Å². The molecule has 7 heteroatoms. The minimum absolute atomic E-state index is 0.166. The van der Waals surface area contributed by atoms with Crippen LogP contribution in [0.1, 0.15) is 31.1 Å². The fourth-order valence-electron chi connectivity index (χ4n) is 2.49. The van der Waals surface area contributed by atoms with Crippen molar-refractivity contribution in [1.82, 2.24) is 5.32 Å². The highest BCUT2D eigenvalue weighted by Crippen LogP contribution is 2.28. The summed E-state index contributed by atoms with van der Waals surface area (Å²) in [6.07, 6.45) is 0.935. The number of carbonyl (C=O) groups is 1. The molecule has 0 aromatic heterocycles. The highest BCUT2D eigenvalue weighted by Gasteiger charge is 2.19. The van der Waals surface area contributed by atoms with Crippen molar-refractivity contribution in [3.05, 3.63) is 53.1 Å². The average Bonchev–Trinajstić information content (AvgIpc) is 2.61. The van der Waals surface area contributed by atoms with Crippen LogP contribution >= 0.6 is 11.6 Å². The lowest BCUT2D eigenvalue weighted by atomic mass is 10.00. The number of hydrogen-bond donors (Lipinski definition) is 4. The highest BCUT2D eigenvalue weighted by atomic mass is 35.5. The number of nitrogens with zero attached hydrogens (tertiary/aromatic N) is 1. The third-order valence-electron chi connectivity index (χ3n) is 3.69. The summed E-state index contributed by atoms with van der Waals surface area (Å²) in [6.45, 7) is 5.14. The van der Waals surface area contributed by atoms with Gasteiger partial charge < -0.3 is 10.4 Å². The van der Waals surface area contributed by atoms with E-state index in [4.69, 9.17) is 22.4 Å². The number of benzene rings is 2. The molecule has 4 N–H and O–H groups in total. The lowest BCUT2D eigenvalue weighted by Crippen LogP contribution is -2.40. The van der Waals surface area contributed by atoms with Crippen molar-refractivity contribution < 1.29 is 9.90 Å². The summed E-state index contributed by atoms with van der Waals surface area (Å²) in [7, 11) is 0. The number of anilines is 1. The predicted molar refractivity (Wildman–Crippen MR) is 110 cm³/mol. The summed E-state index contributed by atoms with van der Waals surface area (Å²) < 4.78 is 0. The van der Waals surface area contributed by atoms with Crippen LogP contribution in [0.2, 0.25) is 5.02 Å². The van der Waals surface area contributed by atoms with Crippen molar-refractivity contribution in [2.75, 3.05) is 11.5 Å². The summed E-state index contributed by atoms with van der Waals surface area (Å²) in [5.41, 5.74) is 2.00. The van der Waals surface area contributed by atoms with Gasteiger partial charge in [0.2, 0.25) is 0 Å². The van der Waals surface area contributed by atoms with Crippen LogP contribution in [-0.4, -0.2) is 35.3 Å². The van der Waals surface area contributed by atoms with Gasteiger partial charge in [-0.2, -0.15) is 0 Å². The van der Waals surface area contributed by atoms with Gasteiger partial charge in [0.15, 0.2) is 0 Å². The smallest absolute Gasteiger partial charge is 0.251 e. The number of amides is 1. The van der Waals surface area contributed by atoms with Crippen LogP contribution in [0.25, 0.3) is 11.1 Å². The lowest BCUT2D eigenvalue weighted by Gasteiger charge is -2.23. The van der Waals surface area contributed by atoms with E-state index < -0.39 is 12.1 Å². The zero-order valence-corrected chi connectivity index (χ0v) is 16.3. The molecule has 0 spiro atoms. The predicted octanol–water partition coefficient (Wildman–Crippen LogP) is 3.92. The van der Waals surface area contributed by atoms with Crippen LogP contribution in [0.15, 0.2) is 42.5 Å². The van der Waals surface area contributed by atoms with Crippen LogP contribution in [-0.2, 0) is 0 Å². The van der Waals surface area contributed by atoms with Gasteiger partial charge in [0, 0.05) is 21.8 Å². The third-order valence-corrected chi connectivity index (χ3v) is 3.95. The first kappa shape index (κ1) is 20.6. The van der Waals surface area contributed by atoms with Gasteiger partial charge in [-0.1, -0.05) is 23.7 Å². The SMILES string of the molecule is CC(C)(C)NC(=O)c1cc(-c2ccc(Cl)cc2)cc(N(C=N)C(=N)CO)c1. The van der Waals surface area contributed by atoms with Crippen LogP contribution in [0.4, 0.5) is 5.69 Å². The standard InChI is InChI=1S/C20H23ClN4O2/c1-20(2,3)24-19(27)15-8-14(13-4-6-16(21)7-5-13)9-17(10-15)25(12-22)18(23)11-26/h4-10,12,22-23,26H,11H2,1-3H3,(H,24,27). The van der Waals surface area contributed by atoms with Gasteiger partial charge in [0.05, 0.1) is 6.34 Å². The molecule has 0 aliphatic rings. The van der Waals surface area contributed by atoms with Crippen molar-refractivity contribution in [1.29, 1.82) is 10.8 Å². The second kappa shape index (κ2) is 8.33. The van der Waals surface area contributed by atoms with E-state index in [2.05, 4.69) is 5.32 Å². The van der Waals surface area contributed by atoms with E-state index in [-0.39, 0.29) is 11.7 Å². The summed E-state index contributed by atoms with van der Waals surface area (Å²) in [4.78, 5) is 13.9. The van der Waals surface area contributed by atoms with E-state index >= 15 is 0 Å². The maximum atomic E-state index is 12.7. The fourth-order valence-corrected chi connectivity index (χ4v) is 2.61. The summed E-state index contributed by atoms with van der Waals surface area (Å²) in [6, 6.07) is 12.3. The Morgan fingerprint density at radius 3 is 2.33 bits per heavy atom. The molecule has 0 atom stereocenters. The largest absolute Gasteiger partial charge is 0.388 e. The summed E-state index contributed by atoms with van der Waals surface area (Å²) in [5, 5.41) is 28.2. The Morgan fingerprint density at radius 2 is 1.81 bits per heavy atom. The van der Waals surface area contributed by atoms with Crippen LogP contribution < -0.4 is 10.2 Å². The van der Waals surface area contributed by atoms with E-state index in [0.717, 1.165) is 17.5 Å². The molecule has 0 bridgehead atoms. The maximum Gasteiger partial charge on any atom is 0.251 e. The molecule has 142 valence electrons. The van der Waals surface area contributed by atoms with Gasteiger partial charge in [-0.15, -0.1) is 0 Å². The third kappa shape index (κ3) is 5.39. The molecule has 0 aliphatic heterocycles. The summed E-state index contributed by atoms with van der Waals surface area (Å²) in [5.74, 6) is -0.430. The van der Waals surface area contributed by atoms with E-state index in [1.54, 1.807) is 30.3 Å². The van der Waals surface area contributed by atoms with E-state index in [9.17, 15) is 9.90 Å². The van der Waals surface area contributed by atoms with Crippen molar-refractivity contribution in [3.63, 3.8) is 0 Å². The molecule has 0 saturated heterocycles. The number of aliphatic hydroxyl groups is 1. The number of halogens is 1. The molecule has 2 aromatic carbocycles. The van der Waals surface area contributed by atoms with E-state index in [1.165, 1.54) is 4.90 Å². The zero-order chi connectivity index (χ0) is 20.2. The van der Waals surface area contributed by atoms with Gasteiger partial charge >= 0.3 is 0 Å². The van der Waals surface area contributed by atoms with Crippen LogP contribution in [0.3, 0.4) is 0 Å². The summed E-state index contributed by atoms with van der Waals surface area (Å²) >= 11 is 5.96. The Kier molecular flexibility index (Phi) is 6.36. The molecule has 6 nitrogen and oxygen atoms in total. The van der Waals surface area contributed by atoms with Crippen molar-refractivity contribution in [3.8, 4) is 11.1 Å². The Morgan fingerprint density at radius 1 is 1.19 bits per heavy atom. The number of aliphatic hydroxyl groups excluding tert-OH is 1. The molecule has 0 radical (unpaired) electrons. The highest BCUT2D eigenvalue weighted by molar-refractivity contribution is 6.30. The maximum absolute atomic E-state index is 12.7. The number of rotatable bonds is 5. The number of amidine groups is 1. The molecule has 0 fully saturated rings. The van der Waals surface area contributed by atoms with Crippen molar-refractivity contribution in [2.24, 2.45) is 0 Å². The quantitative estimate of drug-likeness (QED) is 0.462. The number of carbonyl (C=O) groups excluding carboxylic acids is 1. The lowest BCUT2D eigenvalue weighted by molar-refractivity contribution is 0.0919. The molecule has 1 amide bonds. The molecular formula is C20H23ClN4O2. The van der Waals surface area contributed by atoms with E-state index in [0.29, 0.717) is 16.3 Å². The van der Waals surface area contributed by atoms with Gasteiger partial charge in [-0.3, -0.25) is 20.5 Å². The first-order chi connectivity index (χ1) is 12.6. The minimum Gasteiger partial charge on any atom is -0.388 e.